The van der Waals surface area contributed by atoms with Crippen molar-refractivity contribution in [1.29, 1.82) is 0 Å². The third-order valence-corrected chi connectivity index (χ3v) is 5.46. The predicted octanol–water partition coefficient (Wildman–Crippen LogP) is 3.87. The molecule has 0 radical (unpaired) electrons. The number of nitrogens with zero attached hydrogens (tertiary/aromatic N) is 1. The Morgan fingerprint density at radius 1 is 1.04 bits per heavy atom. The molecule has 124 valence electrons. The molecule has 0 amide bonds. The molecule has 0 bridgehead atoms. The summed E-state index contributed by atoms with van der Waals surface area (Å²) in [6.07, 6.45) is 4.05. The number of fused-ring (bicyclic) bond motifs is 2. The van der Waals surface area contributed by atoms with E-state index in [1.165, 1.54) is 30.5 Å². The smallest absolute Gasteiger partial charge is 0.231 e. The summed E-state index contributed by atoms with van der Waals surface area (Å²) in [4.78, 5) is 2.47. The molecule has 0 saturated heterocycles. The zero-order chi connectivity index (χ0) is 16.1. The van der Waals surface area contributed by atoms with Gasteiger partial charge < -0.3 is 19.5 Å². The number of aromatic hydroxyl groups is 1. The second-order valence-corrected chi connectivity index (χ2v) is 7.05. The summed E-state index contributed by atoms with van der Waals surface area (Å²) in [6.45, 7) is 2.25. The van der Waals surface area contributed by atoms with E-state index in [4.69, 9.17) is 9.47 Å². The van der Waals surface area contributed by atoms with Crippen molar-refractivity contribution in [3.63, 3.8) is 0 Å². The summed E-state index contributed by atoms with van der Waals surface area (Å²) in [6, 6.07) is 12.2. The van der Waals surface area contributed by atoms with Gasteiger partial charge in [0, 0.05) is 36.3 Å². The minimum Gasteiger partial charge on any atom is -0.508 e. The highest BCUT2D eigenvalue weighted by Gasteiger charge is 2.33. The number of hydrogen-bond acceptors (Lipinski definition) is 4. The fourth-order valence-corrected chi connectivity index (χ4v) is 3.94. The van der Waals surface area contributed by atoms with Gasteiger partial charge in [0.25, 0.3) is 0 Å². The average Bonchev–Trinajstić information content (AvgIpc) is 3.20. The molecular formula is C20H21NO3. The van der Waals surface area contributed by atoms with Gasteiger partial charge in [-0.25, -0.2) is 0 Å². The van der Waals surface area contributed by atoms with Gasteiger partial charge in [-0.3, -0.25) is 0 Å². The quantitative estimate of drug-likeness (QED) is 0.927. The van der Waals surface area contributed by atoms with Crippen molar-refractivity contribution in [2.75, 3.05) is 24.8 Å². The lowest BCUT2D eigenvalue weighted by Gasteiger charge is -2.20. The number of rotatable bonds is 4. The Morgan fingerprint density at radius 2 is 1.83 bits per heavy atom. The first kappa shape index (κ1) is 14.0. The van der Waals surface area contributed by atoms with Crippen LogP contribution in [0, 0.1) is 5.92 Å². The molecule has 4 heteroatoms. The number of anilines is 1. The molecule has 2 heterocycles. The normalized spacial score (nSPS) is 21.2. The van der Waals surface area contributed by atoms with Crippen LogP contribution in [0.15, 0.2) is 36.4 Å². The van der Waals surface area contributed by atoms with E-state index in [0.29, 0.717) is 11.5 Å². The molecule has 1 aliphatic carbocycles. The van der Waals surface area contributed by atoms with Crippen LogP contribution in [0.25, 0.3) is 0 Å². The van der Waals surface area contributed by atoms with Crippen LogP contribution in [-0.2, 0) is 0 Å². The SMILES string of the molecule is Oc1cc2c(cc1C1CN(CCC3CC3)c3ccccc31)OCO2. The highest BCUT2D eigenvalue weighted by atomic mass is 16.7. The van der Waals surface area contributed by atoms with Crippen LogP contribution >= 0.6 is 0 Å². The van der Waals surface area contributed by atoms with Crippen molar-refractivity contribution in [2.24, 2.45) is 5.92 Å². The maximum absolute atomic E-state index is 10.5. The fourth-order valence-electron chi connectivity index (χ4n) is 3.94. The highest BCUT2D eigenvalue weighted by molar-refractivity contribution is 5.65. The maximum Gasteiger partial charge on any atom is 0.231 e. The highest BCUT2D eigenvalue weighted by Crippen LogP contribution is 2.47. The number of benzene rings is 2. The molecular weight excluding hydrogens is 302 g/mol. The largest absolute Gasteiger partial charge is 0.508 e. The molecule has 2 aromatic rings. The Hall–Kier alpha value is -2.36. The molecule has 2 aromatic carbocycles. The van der Waals surface area contributed by atoms with Crippen LogP contribution in [0.5, 0.6) is 17.2 Å². The van der Waals surface area contributed by atoms with Gasteiger partial charge in [0.05, 0.1) is 0 Å². The molecule has 1 atom stereocenters. The first-order chi connectivity index (χ1) is 11.8. The van der Waals surface area contributed by atoms with Crippen molar-refractivity contribution in [2.45, 2.75) is 25.2 Å². The Kier molecular flexibility index (Phi) is 3.12. The summed E-state index contributed by atoms with van der Waals surface area (Å²) in [7, 11) is 0. The van der Waals surface area contributed by atoms with Crippen LogP contribution in [0.4, 0.5) is 5.69 Å². The van der Waals surface area contributed by atoms with Crippen molar-refractivity contribution < 1.29 is 14.6 Å². The Morgan fingerprint density at radius 3 is 2.67 bits per heavy atom. The molecule has 1 unspecified atom stereocenters. The van der Waals surface area contributed by atoms with Crippen molar-refractivity contribution in [3.8, 4) is 17.2 Å². The molecule has 24 heavy (non-hydrogen) atoms. The third-order valence-electron chi connectivity index (χ3n) is 5.46. The minimum absolute atomic E-state index is 0.176. The standard InChI is InChI=1S/C20H21NO3/c22-18-10-20-19(23-12-24-20)9-15(18)16-11-21(8-7-13-5-6-13)17-4-2-1-3-14(16)17/h1-4,9-10,13,16,22H,5-8,11-12H2. The van der Waals surface area contributed by atoms with E-state index in [1.54, 1.807) is 6.07 Å². The van der Waals surface area contributed by atoms with Crippen LogP contribution in [-0.4, -0.2) is 25.0 Å². The minimum atomic E-state index is 0.176. The van der Waals surface area contributed by atoms with E-state index in [0.717, 1.165) is 30.3 Å². The Labute approximate surface area is 141 Å². The van der Waals surface area contributed by atoms with Gasteiger partial charge in [0.15, 0.2) is 11.5 Å². The van der Waals surface area contributed by atoms with Crippen molar-refractivity contribution >= 4 is 5.69 Å². The van der Waals surface area contributed by atoms with E-state index in [9.17, 15) is 5.11 Å². The van der Waals surface area contributed by atoms with Gasteiger partial charge in [-0.1, -0.05) is 31.0 Å². The Bertz CT molecular complexity index is 784. The maximum atomic E-state index is 10.5. The van der Waals surface area contributed by atoms with Crippen molar-refractivity contribution in [3.05, 3.63) is 47.5 Å². The van der Waals surface area contributed by atoms with Crippen LogP contribution < -0.4 is 14.4 Å². The van der Waals surface area contributed by atoms with Gasteiger partial charge in [-0.15, -0.1) is 0 Å². The number of hydrogen-bond donors (Lipinski definition) is 1. The lowest BCUT2D eigenvalue weighted by Crippen LogP contribution is -2.23. The monoisotopic (exact) mass is 323 g/mol. The van der Waals surface area contributed by atoms with E-state index >= 15 is 0 Å². The Balaban J connectivity index is 1.50. The lowest BCUT2D eigenvalue weighted by atomic mass is 9.92. The summed E-state index contributed by atoms with van der Waals surface area (Å²) in [5.41, 5.74) is 3.53. The molecule has 4 nitrogen and oxygen atoms in total. The molecule has 0 aromatic heterocycles. The second kappa shape index (κ2) is 5.33. The van der Waals surface area contributed by atoms with E-state index in [-0.39, 0.29) is 12.7 Å². The van der Waals surface area contributed by atoms with Gasteiger partial charge in [0.1, 0.15) is 5.75 Å². The molecule has 1 saturated carbocycles. The van der Waals surface area contributed by atoms with Gasteiger partial charge in [-0.05, 0) is 30.0 Å². The topological polar surface area (TPSA) is 41.9 Å². The van der Waals surface area contributed by atoms with Crippen molar-refractivity contribution in [1.82, 2.24) is 0 Å². The molecule has 1 N–H and O–H groups in total. The second-order valence-electron chi connectivity index (χ2n) is 7.05. The zero-order valence-electron chi connectivity index (χ0n) is 13.6. The van der Waals surface area contributed by atoms with E-state index in [1.807, 2.05) is 6.07 Å². The van der Waals surface area contributed by atoms with E-state index < -0.39 is 0 Å². The van der Waals surface area contributed by atoms with E-state index in [2.05, 4.69) is 29.2 Å². The van der Waals surface area contributed by atoms with Crippen LogP contribution in [0.2, 0.25) is 0 Å². The predicted molar refractivity (Wildman–Crippen MR) is 92.1 cm³/mol. The summed E-state index contributed by atoms with van der Waals surface area (Å²) < 4.78 is 10.9. The molecule has 2 aliphatic heterocycles. The number of phenolic OH excluding ortho intramolecular Hbond substituents is 1. The van der Waals surface area contributed by atoms with Crippen LogP contribution in [0.1, 0.15) is 36.3 Å². The molecule has 5 rings (SSSR count). The molecule has 3 aliphatic rings. The molecule has 1 fully saturated rings. The first-order valence-corrected chi connectivity index (χ1v) is 8.76. The first-order valence-electron chi connectivity index (χ1n) is 8.76. The summed E-state index contributed by atoms with van der Waals surface area (Å²) in [5, 5.41) is 10.5. The zero-order valence-corrected chi connectivity index (χ0v) is 13.6. The molecule has 0 spiro atoms. The van der Waals surface area contributed by atoms with Gasteiger partial charge >= 0.3 is 0 Å². The summed E-state index contributed by atoms with van der Waals surface area (Å²) in [5.74, 6) is 2.76. The number of phenols is 1. The number of para-hydroxylation sites is 1. The van der Waals surface area contributed by atoms with Crippen LogP contribution in [0.3, 0.4) is 0 Å². The number of ether oxygens (including phenoxy) is 2. The average molecular weight is 323 g/mol. The fraction of sp³-hybridized carbons (Fsp3) is 0.400. The summed E-state index contributed by atoms with van der Waals surface area (Å²) >= 11 is 0. The third kappa shape index (κ3) is 2.29. The van der Waals surface area contributed by atoms with Gasteiger partial charge in [0.2, 0.25) is 6.79 Å². The van der Waals surface area contributed by atoms with Gasteiger partial charge in [-0.2, -0.15) is 0 Å². The lowest BCUT2D eigenvalue weighted by molar-refractivity contribution is 0.174.